The van der Waals surface area contributed by atoms with Crippen LogP contribution in [-0.4, -0.2) is 33.4 Å². The van der Waals surface area contributed by atoms with Crippen LogP contribution in [0.25, 0.3) is 0 Å². The highest BCUT2D eigenvalue weighted by molar-refractivity contribution is 5.92. The molecule has 0 aromatic carbocycles. The van der Waals surface area contributed by atoms with Crippen molar-refractivity contribution in [2.75, 3.05) is 6.54 Å². The van der Waals surface area contributed by atoms with Crippen LogP contribution in [0.15, 0.2) is 6.07 Å². The molecule has 0 bridgehead atoms. The molecular formula is C17H31N3O2. The first-order chi connectivity index (χ1) is 10.2. The molecule has 1 amide bonds. The molecule has 2 N–H and O–H groups in total. The summed E-state index contributed by atoms with van der Waals surface area (Å²) in [5.41, 5.74) is 1.35. The van der Waals surface area contributed by atoms with Gasteiger partial charge < -0.3 is 10.4 Å². The second kappa shape index (κ2) is 7.77. The largest absolute Gasteiger partial charge is 0.393 e. The van der Waals surface area contributed by atoms with E-state index in [1.807, 2.05) is 31.5 Å². The van der Waals surface area contributed by atoms with Gasteiger partial charge in [-0.1, -0.05) is 27.7 Å². The lowest BCUT2D eigenvalue weighted by Gasteiger charge is -2.26. The van der Waals surface area contributed by atoms with Crippen molar-refractivity contribution >= 4 is 5.91 Å². The maximum absolute atomic E-state index is 12.5. The van der Waals surface area contributed by atoms with E-state index in [-0.39, 0.29) is 23.5 Å². The molecule has 5 nitrogen and oxygen atoms in total. The van der Waals surface area contributed by atoms with Gasteiger partial charge in [0, 0.05) is 6.54 Å². The van der Waals surface area contributed by atoms with Crippen LogP contribution >= 0.6 is 0 Å². The minimum Gasteiger partial charge on any atom is -0.393 e. The first-order valence-electron chi connectivity index (χ1n) is 8.22. The lowest BCUT2D eigenvalue weighted by molar-refractivity contribution is 0.0889. The monoisotopic (exact) mass is 309 g/mol. The first kappa shape index (κ1) is 18.7. The summed E-state index contributed by atoms with van der Waals surface area (Å²) in [5.74, 6) is -0.0915. The predicted molar refractivity (Wildman–Crippen MR) is 89.0 cm³/mol. The number of aliphatic hydroxyl groups is 1. The number of carbonyl (C=O) groups is 1. The standard InChI is InChI=1S/C17H31N3O2/c1-7-14(8-2)20-15(9-12(3)19-20)16(22)18-11-17(5,6)10-13(4)21/h9,13-14,21H,7-8,10-11H2,1-6H3,(H,18,22). The van der Waals surface area contributed by atoms with E-state index in [1.54, 1.807) is 6.92 Å². The van der Waals surface area contributed by atoms with Gasteiger partial charge in [-0.15, -0.1) is 0 Å². The van der Waals surface area contributed by atoms with Gasteiger partial charge in [0.1, 0.15) is 5.69 Å². The van der Waals surface area contributed by atoms with Gasteiger partial charge in [0.25, 0.3) is 5.91 Å². The summed E-state index contributed by atoms with van der Waals surface area (Å²) in [6.45, 7) is 12.5. The molecular weight excluding hydrogens is 278 g/mol. The van der Waals surface area contributed by atoms with Gasteiger partial charge in [0.2, 0.25) is 0 Å². The molecule has 0 fully saturated rings. The Labute approximate surface area is 134 Å². The van der Waals surface area contributed by atoms with Gasteiger partial charge in [-0.05, 0) is 44.6 Å². The lowest BCUT2D eigenvalue weighted by Crippen LogP contribution is -2.36. The molecule has 1 rings (SSSR count). The minimum atomic E-state index is -0.371. The van der Waals surface area contributed by atoms with E-state index in [0.717, 1.165) is 18.5 Å². The number of aromatic nitrogens is 2. The Morgan fingerprint density at radius 2 is 2.00 bits per heavy atom. The number of carbonyl (C=O) groups excluding carboxylic acids is 1. The van der Waals surface area contributed by atoms with Gasteiger partial charge in [-0.3, -0.25) is 9.48 Å². The highest BCUT2D eigenvalue weighted by atomic mass is 16.3. The molecule has 1 aromatic heterocycles. The fourth-order valence-electron chi connectivity index (χ4n) is 2.88. The van der Waals surface area contributed by atoms with Crippen LogP contribution in [0.3, 0.4) is 0 Å². The third kappa shape index (κ3) is 5.13. The average Bonchev–Trinajstić information content (AvgIpc) is 2.78. The van der Waals surface area contributed by atoms with Gasteiger partial charge in [0.05, 0.1) is 17.8 Å². The van der Waals surface area contributed by atoms with Crippen LogP contribution < -0.4 is 5.32 Å². The van der Waals surface area contributed by atoms with Crippen molar-refractivity contribution in [1.29, 1.82) is 0 Å². The molecule has 1 atom stereocenters. The molecule has 0 aliphatic heterocycles. The Kier molecular flexibility index (Phi) is 6.60. The SMILES string of the molecule is CCC(CC)n1nc(C)cc1C(=O)NCC(C)(C)CC(C)O. The fraction of sp³-hybridized carbons (Fsp3) is 0.765. The molecule has 1 heterocycles. The van der Waals surface area contributed by atoms with Crippen LogP contribution in [0.1, 0.15) is 76.1 Å². The van der Waals surface area contributed by atoms with Gasteiger partial charge >= 0.3 is 0 Å². The summed E-state index contributed by atoms with van der Waals surface area (Å²) in [4.78, 5) is 12.5. The summed E-state index contributed by atoms with van der Waals surface area (Å²) >= 11 is 0. The molecule has 1 unspecified atom stereocenters. The molecule has 0 aliphatic rings. The Morgan fingerprint density at radius 3 is 2.50 bits per heavy atom. The van der Waals surface area contributed by atoms with E-state index in [0.29, 0.717) is 18.7 Å². The van der Waals surface area contributed by atoms with E-state index in [4.69, 9.17) is 0 Å². The Balaban J connectivity index is 2.82. The van der Waals surface area contributed by atoms with E-state index < -0.39 is 0 Å². The first-order valence-corrected chi connectivity index (χ1v) is 8.22. The van der Waals surface area contributed by atoms with Crippen molar-refractivity contribution in [3.05, 3.63) is 17.5 Å². The van der Waals surface area contributed by atoms with E-state index in [9.17, 15) is 9.90 Å². The normalized spacial score (nSPS) is 13.5. The van der Waals surface area contributed by atoms with Gasteiger partial charge in [0.15, 0.2) is 0 Å². The maximum atomic E-state index is 12.5. The quantitative estimate of drug-likeness (QED) is 0.775. The highest BCUT2D eigenvalue weighted by Gasteiger charge is 2.23. The lowest BCUT2D eigenvalue weighted by atomic mass is 9.87. The second-order valence-corrected chi connectivity index (χ2v) is 6.99. The summed E-state index contributed by atoms with van der Waals surface area (Å²) in [6.07, 6.45) is 2.18. The maximum Gasteiger partial charge on any atom is 0.269 e. The number of amides is 1. The zero-order chi connectivity index (χ0) is 16.9. The molecule has 0 radical (unpaired) electrons. The third-order valence-electron chi connectivity index (χ3n) is 3.95. The van der Waals surface area contributed by atoms with E-state index in [1.165, 1.54) is 0 Å². The number of hydrogen-bond acceptors (Lipinski definition) is 3. The third-order valence-corrected chi connectivity index (χ3v) is 3.95. The number of nitrogens with zero attached hydrogens (tertiary/aromatic N) is 2. The summed E-state index contributed by atoms with van der Waals surface area (Å²) in [6, 6.07) is 2.09. The van der Waals surface area contributed by atoms with Crippen molar-refractivity contribution in [2.24, 2.45) is 5.41 Å². The summed E-state index contributed by atoms with van der Waals surface area (Å²) < 4.78 is 1.85. The van der Waals surface area contributed by atoms with Crippen molar-refractivity contribution in [3.63, 3.8) is 0 Å². The molecule has 5 heteroatoms. The number of hydrogen-bond donors (Lipinski definition) is 2. The van der Waals surface area contributed by atoms with Gasteiger partial charge in [-0.25, -0.2) is 0 Å². The highest BCUT2D eigenvalue weighted by Crippen LogP contribution is 2.22. The van der Waals surface area contributed by atoms with E-state index >= 15 is 0 Å². The number of aryl methyl sites for hydroxylation is 1. The summed E-state index contributed by atoms with van der Waals surface area (Å²) in [7, 11) is 0. The van der Waals surface area contributed by atoms with Crippen LogP contribution in [0.2, 0.25) is 0 Å². The zero-order valence-corrected chi connectivity index (χ0v) is 14.8. The van der Waals surface area contributed by atoms with Crippen LogP contribution in [-0.2, 0) is 0 Å². The second-order valence-electron chi connectivity index (χ2n) is 6.99. The van der Waals surface area contributed by atoms with E-state index in [2.05, 4.69) is 24.3 Å². The number of nitrogens with one attached hydrogen (secondary N) is 1. The van der Waals surface area contributed by atoms with Crippen molar-refractivity contribution in [1.82, 2.24) is 15.1 Å². The zero-order valence-electron chi connectivity index (χ0n) is 14.8. The predicted octanol–water partition coefficient (Wildman–Crippen LogP) is 3.08. The van der Waals surface area contributed by atoms with Crippen LogP contribution in [0, 0.1) is 12.3 Å². The average molecular weight is 309 g/mol. The molecule has 1 aromatic rings. The topological polar surface area (TPSA) is 67.2 Å². The smallest absolute Gasteiger partial charge is 0.269 e. The van der Waals surface area contributed by atoms with Crippen molar-refractivity contribution in [2.45, 2.75) is 73.0 Å². The van der Waals surface area contributed by atoms with Crippen LogP contribution in [0.5, 0.6) is 0 Å². The number of rotatable bonds is 8. The summed E-state index contributed by atoms with van der Waals surface area (Å²) in [5, 5.41) is 17.0. The molecule has 0 saturated heterocycles. The molecule has 0 saturated carbocycles. The molecule has 22 heavy (non-hydrogen) atoms. The molecule has 0 spiro atoms. The van der Waals surface area contributed by atoms with Crippen molar-refractivity contribution in [3.8, 4) is 0 Å². The van der Waals surface area contributed by atoms with Gasteiger partial charge in [-0.2, -0.15) is 5.10 Å². The Hall–Kier alpha value is -1.36. The van der Waals surface area contributed by atoms with Crippen molar-refractivity contribution < 1.29 is 9.90 Å². The Morgan fingerprint density at radius 1 is 1.41 bits per heavy atom. The Bertz CT molecular complexity index is 488. The minimum absolute atomic E-state index is 0.0915. The number of aliphatic hydroxyl groups excluding tert-OH is 1. The van der Waals surface area contributed by atoms with Crippen LogP contribution in [0.4, 0.5) is 0 Å². The molecule has 126 valence electrons. The fourth-order valence-corrected chi connectivity index (χ4v) is 2.88. The molecule has 0 aliphatic carbocycles.